The van der Waals surface area contributed by atoms with E-state index in [1.807, 2.05) is 0 Å². The normalized spacial score (nSPS) is 11.1. The van der Waals surface area contributed by atoms with Crippen molar-refractivity contribution in [3.05, 3.63) is 29.8 Å². The van der Waals surface area contributed by atoms with Gasteiger partial charge >= 0.3 is 13.6 Å². The van der Waals surface area contributed by atoms with E-state index in [4.69, 9.17) is 14.9 Å². The summed E-state index contributed by atoms with van der Waals surface area (Å²) in [4.78, 5) is 27.9. The van der Waals surface area contributed by atoms with Crippen molar-refractivity contribution in [2.75, 3.05) is 11.9 Å². The number of nitrogens with one attached hydrogen (secondary N) is 1. The molecule has 7 heteroatoms. The third-order valence-corrected chi connectivity index (χ3v) is 2.54. The third-order valence-electron chi connectivity index (χ3n) is 1.76. The molecule has 0 amide bonds. The molecule has 0 radical (unpaired) electrons. The molecule has 4 N–H and O–H groups in total. The van der Waals surface area contributed by atoms with Gasteiger partial charge in [-0.1, -0.05) is 12.1 Å². The van der Waals surface area contributed by atoms with Gasteiger partial charge in [-0.25, -0.2) is 0 Å². The summed E-state index contributed by atoms with van der Waals surface area (Å²) in [5.74, 6) is -1.000. The summed E-state index contributed by atoms with van der Waals surface area (Å²) in [6.07, 6.45) is -0.352. The molecule has 0 saturated heterocycles. The predicted molar refractivity (Wildman–Crippen MR) is 58.3 cm³/mol. The van der Waals surface area contributed by atoms with Crippen LogP contribution in [0.1, 0.15) is 5.56 Å². The first-order valence-electron chi connectivity index (χ1n) is 4.46. The number of aliphatic carboxylic acids is 1. The van der Waals surface area contributed by atoms with E-state index in [0.717, 1.165) is 0 Å². The fraction of sp³-hybridized carbons (Fsp3) is 0.222. The van der Waals surface area contributed by atoms with Crippen LogP contribution in [0.5, 0.6) is 0 Å². The van der Waals surface area contributed by atoms with Crippen LogP contribution in [0, 0.1) is 0 Å². The van der Waals surface area contributed by atoms with Crippen molar-refractivity contribution < 1.29 is 24.3 Å². The molecule has 1 aromatic carbocycles. The lowest BCUT2D eigenvalue weighted by Gasteiger charge is -2.07. The quantitative estimate of drug-likeness (QED) is 0.573. The molecule has 0 saturated carbocycles. The van der Waals surface area contributed by atoms with Crippen LogP contribution in [-0.2, 0) is 15.5 Å². The predicted octanol–water partition coefficient (Wildman–Crippen LogP) is 0.861. The maximum absolute atomic E-state index is 10.8. The molecule has 0 bridgehead atoms. The van der Waals surface area contributed by atoms with Crippen LogP contribution in [0.2, 0.25) is 0 Å². The van der Waals surface area contributed by atoms with Crippen LogP contribution in [-0.4, -0.2) is 27.4 Å². The van der Waals surface area contributed by atoms with Gasteiger partial charge in [-0.3, -0.25) is 9.36 Å². The van der Waals surface area contributed by atoms with Crippen LogP contribution < -0.4 is 5.32 Å². The third kappa shape index (κ3) is 4.93. The van der Waals surface area contributed by atoms with Crippen molar-refractivity contribution >= 4 is 19.3 Å². The standard InChI is InChI=1S/C9H12NO5P/c11-9(12)5-10-8-3-1-2-7(4-8)6-16(13,14)15/h1-4,10H,5-6H2,(H,11,12)(H2,13,14,15). The molecule has 6 nitrogen and oxygen atoms in total. The van der Waals surface area contributed by atoms with E-state index < -0.39 is 13.6 Å². The highest BCUT2D eigenvalue weighted by Gasteiger charge is 2.13. The molecule has 0 aromatic heterocycles. The van der Waals surface area contributed by atoms with E-state index >= 15 is 0 Å². The minimum Gasteiger partial charge on any atom is -0.480 e. The summed E-state index contributed by atoms with van der Waals surface area (Å²) in [5, 5.41) is 11.1. The number of carboxylic acids is 1. The average molecular weight is 245 g/mol. The Bertz CT molecular complexity index is 428. The van der Waals surface area contributed by atoms with E-state index in [1.54, 1.807) is 18.2 Å². The topological polar surface area (TPSA) is 107 Å². The molecule has 0 aliphatic rings. The monoisotopic (exact) mass is 245 g/mol. The molecule has 0 heterocycles. The van der Waals surface area contributed by atoms with Gasteiger partial charge in [-0.2, -0.15) is 0 Å². The van der Waals surface area contributed by atoms with Crippen molar-refractivity contribution in [2.45, 2.75) is 6.16 Å². The SMILES string of the molecule is O=C(O)CNc1cccc(CP(=O)(O)O)c1. The number of benzene rings is 1. The number of hydrogen-bond acceptors (Lipinski definition) is 3. The van der Waals surface area contributed by atoms with Crippen LogP contribution in [0.4, 0.5) is 5.69 Å². The van der Waals surface area contributed by atoms with Gasteiger partial charge in [-0.15, -0.1) is 0 Å². The Balaban J connectivity index is 2.71. The highest BCUT2D eigenvalue weighted by atomic mass is 31.2. The summed E-state index contributed by atoms with van der Waals surface area (Å²) < 4.78 is 10.8. The van der Waals surface area contributed by atoms with Gasteiger partial charge in [0.05, 0.1) is 6.16 Å². The highest BCUT2D eigenvalue weighted by molar-refractivity contribution is 7.50. The lowest BCUT2D eigenvalue weighted by molar-refractivity contribution is -0.134. The second-order valence-corrected chi connectivity index (χ2v) is 4.92. The van der Waals surface area contributed by atoms with Gasteiger partial charge in [0.1, 0.15) is 6.54 Å². The molecule has 0 fully saturated rings. The molecule has 1 aromatic rings. The first-order chi connectivity index (χ1) is 7.37. The lowest BCUT2D eigenvalue weighted by Crippen LogP contribution is -2.12. The van der Waals surface area contributed by atoms with Gasteiger partial charge in [0, 0.05) is 5.69 Å². The maximum Gasteiger partial charge on any atom is 0.329 e. The second kappa shape index (κ2) is 5.12. The fourth-order valence-electron chi connectivity index (χ4n) is 1.20. The molecule has 88 valence electrons. The smallest absolute Gasteiger partial charge is 0.329 e. The van der Waals surface area contributed by atoms with Crippen LogP contribution in [0.15, 0.2) is 24.3 Å². The Morgan fingerprint density at radius 2 is 2.06 bits per heavy atom. The zero-order chi connectivity index (χ0) is 12.2. The second-order valence-electron chi connectivity index (χ2n) is 3.27. The van der Waals surface area contributed by atoms with Crippen molar-refractivity contribution in [3.8, 4) is 0 Å². The molecule has 0 unspecified atom stereocenters. The number of rotatable bonds is 5. The molecule has 0 aliphatic carbocycles. The minimum atomic E-state index is -4.09. The molecule has 0 aliphatic heterocycles. The van der Waals surface area contributed by atoms with Gasteiger partial charge < -0.3 is 20.2 Å². The molecule has 0 atom stereocenters. The first-order valence-corrected chi connectivity index (χ1v) is 6.26. The molecule has 1 rings (SSSR count). The number of hydrogen-bond donors (Lipinski definition) is 4. The summed E-state index contributed by atoms with van der Waals surface area (Å²) in [6, 6.07) is 6.33. The minimum absolute atomic E-state index is 0.237. The summed E-state index contributed by atoms with van der Waals surface area (Å²) in [7, 11) is -4.09. The van der Waals surface area contributed by atoms with Crippen LogP contribution in [0.3, 0.4) is 0 Å². The lowest BCUT2D eigenvalue weighted by atomic mass is 10.2. The summed E-state index contributed by atoms with van der Waals surface area (Å²) in [5.41, 5.74) is 0.983. The zero-order valence-electron chi connectivity index (χ0n) is 8.33. The van der Waals surface area contributed by atoms with E-state index in [0.29, 0.717) is 11.3 Å². The Morgan fingerprint density at radius 3 is 2.62 bits per heavy atom. The fourth-order valence-corrected chi connectivity index (χ4v) is 1.87. The Kier molecular flexibility index (Phi) is 4.06. The van der Waals surface area contributed by atoms with Crippen molar-refractivity contribution in [3.63, 3.8) is 0 Å². The number of carboxylic acid groups (broad SMARTS) is 1. The Labute approximate surface area is 92.1 Å². The summed E-state index contributed by atoms with van der Waals surface area (Å²) >= 11 is 0. The van der Waals surface area contributed by atoms with Gasteiger partial charge in [-0.05, 0) is 17.7 Å². The Hall–Kier alpha value is -1.36. The molecule has 16 heavy (non-hydrogen) atoms. The first kappa shape index (κ1) is 12.7. The number of carbonyl (C=O) groups is 1. The highest BCUT2D eigenvalue weighted by Crippen LogP contribution is 2.39. The summed E-state index contributed by atoms with van der Waals surface area (Å²) in [6.45, 7) is -0.237. The molecular formula is C9H12NO5P. The zero-order valence-corrected chi connectivity index (χ0v) is 9.22. The molecular weight excluding hydrogens is 233 g/mol. The van der Waals surface area contributed by atoms with Crippen molar-refractivity contribution in [2.24, 2.45) is 0 Å². The van der Waals surface area contributed by atoms with Crippen LogP contribution in [0.25, 0.3) is 0 Å². The maximum atomic E-state index is 10.8. The molecule has 0 spiro atoms. The number of anilines is 1. The van der Waals surface area contributed by atoms with E-state index in [9.17, 15) is 9.36 Å². The van der Waals surface area contributed by atoms with Crippen molar-refractivity contribution in [1.82, 2.24) is 0 Å². The van der Waals surface area contributed by atoms with Crippen LogP contribution >= 0.6 is 7.60 Å². The van der Waals surface area contributed by atoms with Crippen molar-refractivity contribution in [1.29, 1.82) is 0 Å². The largest absolute Gasteiger partial charge is 0.480 e. The van der Waals surface area contributed by atoms with Gasteiger partial charge in [0.15, 0.2) is 0 Å². The van der Waals surface area contributed by atoms with E-state index in [-0.39, 0.29) is 12.7 Å². The van der Waals surface area contributed by atoms with E-state index in [2.05, 4.69) is 5.32 Å². The van der Waals surface area contributed by atoms with Gasteiger partial charge in [0.25, 0.3) is 0 Å². The average Bonchev–Trinajstić information content (AvgIpc) is 2.12. The Morgan fingerprint density at radius 1 is 1.38 bits per heavy atom. The van der Waals surface area contributed by atoms with Gasteiger partial charge in [0.2, 0.25) is 0 Å². The van der Waals surface area contributed by atoms with E-state index in [1.165, 1.54) is 6.07 Å².